The summed E-state index contributed by atoms with van der Waals surface area (Å²) in [7, 11) is 0. The van der Waals surface area contributed by atoms with E-state index in [0.29, 0.717) is 11.1 Å². The number of halogens is 2. The van der Waals surface area contributed by atoms with E-state index in [4.69, 9.17) is 23.2 Å². The van der Waals surface area contributed by atoms with Crippen molar-refractivity contribution in [2.45, 2.75) is 39.2 Å². The topological polar surface area (TPSA) is 12.0 Å². The Balaban J connectivity index is 2.03. The Morgan fingerprint density at radius 2 is 2.11 bits per heavy atom. The summed E-state index contributed by atoms with van der Waals surface area (Å²) >= 11 is 12.2. The van der Waals surface area contributed by atoms with Crippen LogP contribution in [0.5, 0.6) is 0 Å². The highest BCUT2D eigenvalue weighted by molar-refractivity contribution is 6.35. The van der Waals surface area contributed by atoms with Gasteiger partial charge in [0.15, 0.2) is 0 Å². The maximum atomic E-state index is 6.26. The van der Waals surface area contributed by atoms with Crippen molar-refractivity contribution in [2.75, 3.05) is 6.54 Å². The van der Waals surface area contributed by atoms with E-state index in [1.165, 1.54) is 18.4 Å². The first-order valence-corrected chi connectivity index (χ1v) is 7.54. The predicted octanol–water partition coefficient (Wildman–Crippen LogP) is 4.56. The molecule has 2 rings (SSSR count). The molecule has 0 amide bonds. The minimum Gasteiger partial charge on any atom is -0.313 e. The van der Waals surface area contributed by atoms with E-state index < -0.39 is 0 Å². The SMILES string of the molecule is CCCNC(Cc1ccc(Cl)cc1Cl)C1CC1C. The van der Waals surface area contributed by atoms with Crippen molar-refractivity contribution in [3.05, 3.63) is 33.8 Å². The van der Waals surface area contributed by atoms with Gasteiger partial charge in [-0.15, -0.1) is 0 Å². The summed E-state index contributed by atoms with van der Waals surface area (Å²) in [5.41, 5.74) is 1.20. The molecule has 1 N–H and O–H groups in total. The van der Waals surface area contributed by atoms with Gasteiger partial charge in [0.1, 0.15) is 0 Å². The molecule has 3 atom stereocenters. The molecule has 1 aliphatic carbocycles. The van der Waals surface area contributed by atoms with Gasteiger partial charge in [0, 0.05) is 16.1 Å². The van der Waals surface area contributed by atoms with E-state index in [9.17, 15) is 0 Å². The van der Waals surface area contributed by atoms with Crippen molar-refractivity contribution in [3.8, 4) is 0 Å². The van der Waals surface area contributed by atoms with Crippen molar-refractivity contribution < 1.29 is 0 Å². The summed E-state index contributed by atoms with van der Waals surface area (Å²) in [6.45, 7) is 5.61. The summed E-state index contributed by atoms with van der Waals surface area (Å²) in [6, 6.07) is 6.37. The number of hydrogen-bond acceptors (Lipinski definition) is 1. The van der Waals surface area contributed by atoms with Gasteiger partial charge in [-0.2, -0.15) is 0 Å². The molecule has 1 nitrogen and oxygen atoms in total. The predicted molar refractivity (Wildman–Crippen MR) is 79.5 cm³/mol. The molecule has 0 heterocycles. The summed E-state index contributed by atoms with van der Waals surface area (Å²) < 4.78 is 0. The van der Waals surface area contributed by atoms with E-state index in [0.717, 1.165) is 29.8 Å². The molecule has 1 aromatic carbocycles. The third kappa shape index (κ3) is 3.63. The lowest BCUT2D eigenvalue weighted by Gasteiger charge is -2.19. The first-order valence-electron chi connectivity index (χ1n) is 6.79. The van der Waals surface area contributed by atoms with E-state index in [1.54, 1.807) is 0 Å². The molecule has 0 saturated heterocycles. The van der Waals surface area contributed by atoms with E-state index >= 15 is 0 Å². The zero-order valence-corrected chi connectivity index (χ0v) is 12.6. The molecule has 0 aromatic heterocycles. The first kappa shape index (κ1) is 14.2. The smallest absolute Gasteiger partial charge is 0.0453 e. The van der Waals surface area contributed by atoms with Crippen LogP contribution in [0.1, 0.15) is 32.3 Å². The van der Waals surface area contributed by atoms with Gasteiger partial charge in [-0.3, -0.25) is 0 Å². The van der Waals surface area contributed by atoms with Crippen LogP contribution in [0.25, 0.3) is 0 Å². The second-order valence-electron chi connectivity index (χ2n) is 5.38. The van der Waals surface area contributed by atoms with Crippen LogP contribution in [0.15, 0.2) is 18.2 Å². The molecule has 0 radical (unpaired) electrons. The van der Waals surface area contributed by atoms with Gasteiger partial charge in [0.2, 0.25) is 0 Å². The van der Waals surface area contributed by atoms with Crippen molar-refractivity contribution in [3.63, 3.8) is 0 Å². The molecule has 1 aromatic rings. The van der Waals surface area contributed by atoms with Crippen LogP contribution in [0.2, 0.25) is 10.0 Å². The molecule has 3 heteroatoms. The van der Waals surface area contributed by atoms with Crippen LogP contribution in [-0.4, -0.2) is 12.6 Å². The van der Waals surface area contributed by atoms with Crippen molar-refractivity contribution in [1.82, 2.24) is 5.32 Å². The second kappa shape index (κ2) is 6.27. The Labute approximate surface area is 120 Å². The standard InChI is InChI=1S/C15H21Cl2N/c1-3-6-18-15(13-7-10(13)2)8-11-4-5-12(16)9-14(11)17/h4-5,9-10,13,15,18H,3,6-8H2,1-2H3. The number of nitrogens with one attached hydrogen (secondary N) is 1. The average molecular weight is 286 g/mol. The highest BCUT2D eigenvalue weighted by Crippen LogP contribution is 2.42. The number of hydrogen-bond donors (Lipinski definition) is 1. The number of benzene rings is 1. The molecule has 0 bridgehead atoms. The second-order valence-corrected chi connectivity index (χ2v) is 6.22. The summed E-state index contributed by atoms with van der Waals surface area (Å²) in [5.74, 6) is 1.66. The molecular weight excluding hydrogens is 265 g/mol. The average Bonchev–Trinajstić information content (AvgIpc) is 3.04. The van der Waals surface area contributed by atoms with Crippen LogP contribution in [0.3, 0.4) is 0 Å². The van der Waals surface area contributed by atoms with Gasteiger partial charge in [-0.05, 0) is 55.3 Å². The third-order valence-corrected chi connectivity index (χ3v) is 4.39. The summed E-state index contributed by atoms with van der Waals surface area (Å²) in [4.78, 5) is 0. The van der Waals surface area contributed by atoms with Crippen molar-refractivity contribution in [1.29, 1.82) is 0 Å². The maximum Gasteiger partial charge on any atom is 0.0453 e. The molecular formula is C15H21Cl2N. The Morgan fingerprint density at radius 3 is 2.67 bits per heavy atom. The minimum atomic E-state index is 0.554. The van der Waals surface area contributed by atoms with Crippen LogP contribution < -0.4 is 5.32 Å². The molecule has 100 valence electrons. The molecule has 0 spiro atoms. The Bertz CT molecular complexity index is 405. The Kier molecular flexibility index (Phi) is 4.94. The molecule has 1 fully saturated rings. The quantitative estimate of drug-likeness (QED) is 0.808. The van der Waals surface area contributed by atoms with Crippen LogP contribution in [0.4, 0.5) is 0 Å². The monoisotopic (exact) mass is 285 g/mol. The highest BCUT2D eigenvalue weighted by Gasteiger charge is 2.39. The fourth-order valence-corrected chi connectivity index (χ4v) is 3.03. The van der Waals surface area contributed by atoms with Gasteiger partial charge in [0.25, 0.3) is 0 Å². The molecule has 0 aliphatic heterocycles. The summed E-state index contributed by atoms with van der Waals surface area (Å²) in [5, 5.41) is 5.16. The van der Waals surface area contributed by atoms with Gasteiger partial charge in [-0.25, -0.2) is 0 Å². The fraction of sp³-hybridized carbons (Fsp3) is 0.600. The minimum absolute atomic E-state index is 0.554. The third-order valence-electron chi connectivity index (χ3n) is 3.80. The maximum absolute atomic E-state index is 6.26. The van der Waals surface area contributed by atoms with Crippen molar-refractivity contribution >= 4 is 23.2 Å². The summed E-state index contributed by atoms with van der Waals surface area (Å²) in [6.07, 6.45) is 3.52. The fourth-order valence-electron chi connectivity index (χ4n) is 2.54. The van der Waals surface area contributed by atoms with E-state index in [1.807, 2.05) is 12.1 Å². The molecule has 3 unspecified atom stereocenters. The van der Waals surface area contributed by atoms with Crippen LogP contribution in [0, 0.1) is 11.8 Å². The van der Waals surface area contributed by atoms with E-state index in [2.05, 4.69) is 25.2 Å². The lowest BCUT2D eigenvalue weighted by Crippen LogP contribution is -2.34. The van der Waals surface area contributed by atoms with Crippen LogP contribution >= 0.6 is 23.2 Å². The Hall–Kier alpha value is -0.240. The first-order chi connectivity index (χ1) is 8.61. The molecule has 1 saturated carbocycles. The van der Waals surface area contributed by atoms with Crippen LogP contribution in [-0.2, 0) is 6.42 Å². The largest absolute Gasteiger partial charge is 0.313 e. The lowest BCUT2D eigenvalue weighted by atomic mass is 10.0. The van der Waals surface area contributed by atoms with E-state index in [-0.39, 0.29) is 0 Å². The number of rotatable bonds is 6. The lowest BCUT2D eigenvalue weighted by molar-refractivity contribution is 0.443. The van der Waals surface area contributed by atoms with Crippen molar-refractivity contribution in [2.24, 2.45) is 11.8 Å². The Morgan fingerprint density at radius 1 is 1.39 bits per heavy atom. The van der Waals surface area contributed by atoms with Gasteiger partial charge < -0.3 is 5.32 Å². The highest BCUT2D eigenvalue weighted by atomic mass is 35.5. The zero-order chi connectivity index (χ0) is 13.1. The van der Waals surface area contributed by atoms with Gasteiger partial charge in [-0.1, -0.05) is 43.1 Å². The van der Waals surface area contributed by atoms with Gasteiger partial charge >= 0.3 is 0 Å². The normalized spacial score (nSPS) is 24.0. The molecule has 18 heavy (non-hydrogen) atoms. The zero-order valence-electron chi connectivity index (χ0n) is 11.0. The van der Waals surface area contributed by atoms with Gasteiger partial charge in [0.05, 0.1) is 0 Å². The molecule has 1 aliphatic rings.